The highest BCUT2D eigenvalue weighted by atomic mass is 35.5. The molecule has 1 heterocycles. The molecule has 8 heteroatoms. The Bertz CT molecular complexity index is 800. The van der Waals surface area contributed by atoms with Crippen LogP contribution >= 0.6 is 35.0 Å². The molecular weight excluding hydrogens is 435 g/mol. The van der Waals surface area contributed by atoms with E-state index in [9.17, 15) is 9.90 Å². The van der Waals surface area contributed by atoms with Crippen molar-refractivity contribution in [1.29, 1.82) is 0 Å². The Morgan fingerprint density at radius 3 is 2.10 bits per heavy atom. The first-order valence-electron chi connectivity index (χ1n) is 9.11. The summed E-state index contributed by atoms with van der Waals surface area (Å²) in [6.07, 6.45) is -1.48. The maximum atomic E-state index is 11.4. The fourth-order valence-electron chi connectivity index (χ4n) is 2.95. The highest BCUT2D eigenvalue weighted by molar-refractivity contribution is 8.00. The van der Waals surface area contributed by atoms with Crippen molar-refractivity contribution in [2.75, 3.05) is 6.61 Å². The lowest BCUT2D eigenvalue weighted by Gasteiger charge is -2.22. The second-order valence-corrected chi connectivity index (χ2v) is 8.90. The van der Waals surface area contributed by atoms with Gasteiger partial charge in [-0.3, -0.25) is 4.79 Å². The number of ether oxygens (including phenoxy) is 3. The number of carbonyl (C=O) groups excluding carboxylic acids is 1. The number of aliphatic hydroxyl groups is 1. The lowest BCUT2D eigenvalue weighted by atomic mass is 10.1. The molecule has 0 bridgehead atoms. The second-order valence-electron chi connectivity index (χ2n) is 6.69. The number of halogens is 2. The van der Waals surface area contributed by atoms with Crippen LogP contribution in [0, 0.1) is 0 Å². The molecule has 1 saturated heterocycles. The molecule has 0 radical (unpaired) electrons. The van der Waals surface area contributed by atoms with Crippen LogP contribution in [0.25, 0.3) is 0 Å². The molecule has 0 spiro atoms. The first kappa shape index (κ1) is 22.4. The average Bonchev–Trinajstić information content (AvgIpc) is 2.97. The summed E-state index contributed by atoms with van der Waals surface area (Å²) in [5, 5.41) is 11.8. The molecule has 1 aliphatic rings. The molecule has 1 unspecified atom stereocenters. The molecule has 4 atom stereocenters. The molecule has 2 aromatic carbocycles. The molecule has 5 nitrogen and oxygen atoms in total. The molecule has 0 aliphatic carbocycles. The smallest absolute Gasteiger partial charge is 0.303 e. The molecule has 1 fully saturated rings. The Balaban J connectivity index is 1.60. The zero-order chi connectivity index (χ0) is 20.8. The largest absolute Gasteiger partial charge is 0.449 e. The van der Waals surface area contributed by atoms with Crippen LogP contribution in [0.4, 0.5) is 0 Å². The molecule has 29 heavy (non-hydrogen) atoms. The van der Waals surface area contributed by atoms with E-state index in [2.05, 4.69) is 0 Å². The maximum absolute atomic E-state index is 11.4. The lowest BCUT2D eigenvalue weighted by molar-refractivity contribution is -0.149. The van der Waals surface area contributed by atoms with Crippen LogP contribution in [0.5, 0.6) is 0 Å². The molecule has 0 amide bonds. The van der Waals surface area contributed by atoms with Crippen molar-refractivity contribution in [2.24, 2.45) is 0 Å². The minimum atomic E-state index is -0.944. The minimum Gasteiger partial charge on any atom is -0.449 e. The van der Waals surface area contributed by atoms with Gasteiger partial charge in [0.1, 0.15) is 12.2 Å². The highest BCUT2D eigenvalue weighted by Crippen LogP contribution is 2.38. The van der Waals surface area contributed by atoms with Crippen LogP contribution in [0.2, 0.25) is 10.0 Å². The molecule has 3 rings (SSSR count). The third-order valence-corrected chi connectivity index (χ3v) is 6.29. The molecule has 1 aliphatic heterocycles. The number of hydrogen-bond donors (Lipinski definition) is 1. The molecule has 0 aromatic heterocycles. The van der Waals surface area contributed by atoms with Gasteiger partial charge in [0.2, 0.25) is 0 Å². The Hall–Kier alpha value is -1.28. The standard InChI is InChI=1S/C21H22Cl2O5S/c1-13(24)28-21-19(25)20(27-11-15-4-8-17(23)9-5-15)18(29-21)12-26-10-14-2-6-16(22)7-3-14/h2-9,18-21,25H,10-12H2,1H3/t18-,19+,20-,21?/m1/s1. The number of aliphatic hydroxyl groups excluding tert-OH is 1. The summed E-state index contributed by atoms with van der Waals surface area (Å²) in [4.78, 5) is 11.4. The Kier molecular flexibility index (Phi) is 8.24. The summed E-state index contributed by atoms with van der Waals surface area (Å²) < 4.78 is 17.0. The molecule has 1 N–H and O–H groups in total. The van der Waals surface area contributed by atoms with Gasteiger partial charge in [0, 0.05) is 17.0 Å². The summed E-state index contributed by atoms with van der Waals surface area (Å²) in [6, 6.07) is 14.7. The topological polar surface area (TPSA) is 65.0 Å². The van der Waals surface area contributed by atoms with Crippen molar-refractivity contribution < 1.29 is 24.1 Å². The van der Waals surface area contributed by atoms with E-state index in [0.29, 0.717) is 29.9 Å². The van der Waals surface area contributed by atoms with Gasteiger partial charge in [-0.25, -0.2) is 0 Å². The number of thioether (sulfide) groups is 1. The van der Waals surface area contributed by atoms with Crippen LogP contribution in [0.3, 0.4) is 0 Å². The predicted molar refractivity (Wildman–Crippen MR) is 114 cm³/mol. The van der Waals surface area contributed by atoms with Gasteiger partial charge >= 0.3 is 5.97 Å². The van der Waals surface area contributed by atoms with E-state index in [1.54, 1.807) is 12.1 Å². The SMILES string of the molecule is CC(=O)OC1S[C@H](COCc2ccc(Cl)cc2)[C@@H](OCc2ccc(Cl)cc2)[C@@H]1O. The number of rotatable bonds is 8. The van der Waals surface area contributed by atoms with Crippen LogP contribution in [0.1, 0.15) is 18.1 Å². The van der Waals surface area contributed by atoms with Gasteiger partial charge in [0.15, 0.2) is 5.44 Å². The van der Waals surface area contributed by atoms with E-state index in [1.165, 1.54) is 18.7 Å². The van der Waals surface area contributed by atoms with Gasteiger partial charge in [-0.2, -0.15) is 0 Å². The average molecular weight is 457 g/mol. The number of benzene rings is 2. The number of hydrogen-bond acceptors (Lipinski definition) is 6. The van der Waals surface area contributed by atoms with Crippen molar-refractivity contribution in [2.45, 2.75) is 43.0 Å². The van der Waals surface area contributed by atoms with Gasteiger partial charge in [0.25, 0.3) is 0 Å². The van der Waals surface area contributed by atoms with Gasteiger partial charge in [-0.15, -0.1) is 11.8 Å². The van der Waals surface area contributed by atoms with Crippen molar-refractivity contribution in [3.63, 3.8) is 0 Å². The quantitative estimate of drug-likeness (QED) is 0.591. The van der Waals surface area contributed by atoms with E-state index >= 15 is 0 Å². The Morgan fingerprint density at radius 1 is 1.00 bits per heavy atom. The Morgan fingerprint density at radius 2 is 1.55 bits per heavy atom. The zero-order valence-electron chi connectivity index (χ0n) is 15.8. The van der Waals surface area contributed by atoms with Crippen LogP contribution < -0.4 is 0 Å². The van der Waals surface area contributed by atoms with Crippen molar-refractivity contribution in [3.05, 3.63) is 69.7 Å². The second kappa shape index (κ2) is 10.7. The Labute approximate surface area is 184 Å². The molecule has 0 saturated carbocycles. The summed E-state index contributed by atoms with van der Waals surface area (Å²) in [6.45, 7) is 2.38. The van der Waals surface area contributed by atoms with E-state index in [1.807, 2.05) is 36.4 Å². The van der Waals surface area contributed by atoms with Crippen molar-refractivity contribution in [3.8, 4) is 0 Å². The molecule has 156 valence electrons. The monoisotopic (exact) mass is 456 g/mol. The number of carbonyl (C=O) groups is 1. The van der Waals surface area contributed by atoms with Crippen LogP contribution in [0.15, 0.2) is 48.5 Å². The van der Waals surface area contributed by atoms with E-state index in [4.69, 9.17) is 37.4 Å². The maximum Gasteiger partial charge on any atom is 0.303 e. The number of esters is 1. The highest BCUT2D eigenvalue weighted by Gasteiger charge is 2.46. The van der Waals surface area contributed by atoms with Gasteiger partial charge in [-0.1, -0.05) is 47.5 Å². The van der Waals surface area contributed by atoms with Crippen molar-refractivity contribution in [1.82, 2.24) is 0 Å². The van der Waals surface area contributed by atoms with E-state index in [-0.39, 0.29) is 5.25 Å². The molecule has 2 aromatic rings. The predicted octanol–water partition coefficient (Wildman–Crippen LogP) is 4.46. The summed E-state index contributed by atoms with van der Waals surface area (Å²) in [5.74, 6) is -0.444. The van der Waals surface area contributed by atoms with Crippen molar-refractivity contribution >= 4 is 40.9 Å². The van der Waals surface area contributed by atoms with E-state index < -0.39 is 23.6 Å². The van der Waals surface area contributed by atoms with Crippen LogP contribution in [-0.2, 0) is 32.2 Å². The first-order valence-corrected chi connectivity index (χ1v) is 10.8. The third-order valence-electron chi connectivity index (χ3n) is 4.39. The van der Waals surface area contributed by atoms with Gasteiger partial charge < -0.3 is 19.3 Å². The molecular formula is C21H22Cl2O5S. The zero-order valence-corrected chi connectivity index (χ0v) is 18.1. The summed E-state index contributed by atoms with van der Waals surface area (Å²) >= 11 is 13.2. The first-order chi connectivity index (χ1) is 13.9. The summed E-state index contributed by atoms with van der Waals surface area (Å²) in [7, 11) is 0. The van der Waals surface area contributed by atoms with Gasteiger partial charge in [0.05, 0.1) is 25.1 Å². The summed E-state index contributed by atoms with van der Waals surface area (Å²) in [5.41, 5.74) is 1.24. The minimum absolute atomic E-state index is 0.186. The normalized spacial score (nSPS) is 23.9. The fourth-order valence-corrected chi connectivity index (χ4v) is 4.63. The third kappa shape index (κ3) is 6.60. The van der Waals surface area contributed by atoms with Crippen LogP contribution in [-0.4, -0.2) is 40.6 Å². The van der Waals surface area contributed by atoms with E-state index in [0.717, 1.165) is 11.1 Å². The lowest BCUT2D eigenvalue weighted by Crippen LogP contribution is -2.37. The fraction of sp³-hybridized carbons (Fsp3) is 0.381. The van der Waals surface area contributed by atoms with Gasteiger partial charge in [-0.05, 0) is 35.4 Å².